The lowest BCUT2D eigenvalue weighted by molar-refractivity contribution is -0.366. The number of hydrogen-bond acceptors (Lipinski definition) is 13. The quantitative estimate of drug-likeness (QED) is 0.168. The summed E-state index contributed by atoms with van der Waals surface area (Å²) >= 11 is 0. The average molecular weight is 781 g/mol. The number of aliphatic hydroxyl groups is 9. The second kappa shape index (κ2) is 14.3. The number of aliphatic hydroxyl groups excluding tert-OH is 9. The van der Waals surface area contributed by atoms with E-state index in [9.17, 15) is 46.0 Å². The van der Waals surface area contributed by atoms with Gasteiger partial charge in [0, 0.05) is 16.2 Å². The maximum Gasteiger partial charge on any atom is 0.187 e. The van der Waals surface area contributed by atoms with Crippen LogP contribution in [0.5, 0.6) is 0 Å². The molecule has 2 heterocycles. The molecule has 0 bridgehead atoms. The first-order valence-electron chi connectivity index (χ1n) is 20.6. The van der Waals surface area contributed by atoms with Crippen molar-refractivity contribution in [3.05, 3.63) is 23.3 Å². The lowest BCUT2D eigenvalue weighted by Crippen LogP contribution is -2.66. The highest BCUT2D eigenvalue weighted by Crippen LogP contribution is 2.74. The summed E-state index contributed by atoms with van der Waals surface area (Å²) in [5.41, 5.74) is 0.594. The number of rotatable bonds is 7. The monoisotopic (exact) mass is 780 g/mol. The lowest BCUT2D eigenvalue weighted by Gasteiger charge is -2.69. The van der Waals surface area contributed by atoms with E-state index in [1.165, 1.54) is 11.1 Å². The third kappa shape index (κ3) is 6.12. The van der Waals surface area contributed by atoms with E-state index in [1.54, 1.807) is 6.92 Å². The van der Waals surface area contributed by atoms with Crippen LogP contribution in [0.25, 0.3) is 0 Å². The molecule has 2 aliphatic heterocycles. The molecule has 0 spiro atoms. The Labute approximate surface area is 325 Å². The van der Waals surface area contributed by atoms with Crippen LogP contribution in [0.1, 0.15) is 99.8 Å². The molecular weight excluding hydrogens is 712 g/mol. The summed E-state index contributed by atoms with van der Waals surface area (Å²) in [6.45, 7) is 14.4. The van der Waals surface area contributed by atoms with Gasteiger partial charge in [-0.25, -0.2) is 0 Å². The Balaban J connectivity index is 1.15. The first-order valence-corrected chi connectivity index (χ1v) is 20.6. The normalized spacial score (nSPS) is 54.9. The van der Waals surface area contributed by atoms with Gasteiger partial charge < -0.3 is 64.9 Å². The topological polar surface area (TPSA) is 219 Å². The van der Waals surface area contributed by atoms with Gasteiger partial charge in [0.05, 0.1) is 38.1 Å². The smallest absolute Gasteiger partial charge is 0.187 e. The maximum atomic E-state index is 12.0. The first-order chi connectivity index (χ1) is 25.7. The van der Waals surface area contributed by atoms with Crippen molar-refractivity contribution >= 4 is 0 Å². The fourth-order valence-corrected chi connectivity index (χ4v) is 13.0. The van der Waals surface area contributed by atoms with Gasteiger partial charge in [0.25, 0.3) is 0 Å². The molecule has 0 aromatic rings. The van der Waals surface area contributed by atoms with E-state index in [4.69, 9.17) is 18.9 Å². The molecule has 0 unspecified atom stereocenters. The van der Waals surface area contributed by atoms with Crippen LogP contribution in [0, 0.1) is 44.3 Å². The summed E-state index contributed by atoms with van der Waals surface area (Å²) in [6.07, 6.45) is -4.66. The van der Waals surface area contributed by atoms with E-state index in [0.29, 0.717) is 12.8 Å². The van der Waals surface area contributed by atoms with Crippen LogP contribution < -0.4 is 0 Å². The van der Waals surface area contributed by atoms with Crippen molar-refractivity contribution in [1.29, 1.82) is 0 Å². The molecule has 7 rings (SSSR count). The van der Waals surface area contributed by atoms with Crippen LogP contribution in [0.4, 0.5) is 0 Å². The van der Waals surface area contributed by atoms with Crippen molar-refractivity contribution in [2.45, 2.75) is 173 Å². The van der Waals surface area contributed by atoms with Crippen LogP contribution in [-0.2, 0) is 18.9 Å². The van der Waals surface area contributed by atoms with Crippen molar-refractivity contribution in [2.75, 3.05) is 19.8 Å². The minimum Gasteiger partial charge on any atom is -0.396 e. The molecule has 7 aliphatic rings. The van der Waals surface area contributed by atoms with Gasteiger partial charge in [0.1, 0.15) is 42.7 Å². The maximum absolute atomic E-state index is 12.0. The van der Waals surface area contributed by atoms with E-state index < -0.39 is 91.1 Å². The van der Waals surface area contributed by atoms with Crippen molar-refractivity contribution in [3.8, 4) is 0 Å². The molecule has 6 fully saturated rings. The lowest BCUT2D eigenvalue weighted by atomic mass is 9.35. The van der Waals surface area contributed by atoms with Crippen LogP contribution >= 0.6 is 0 Å². The Kier molecular flexibility index (Phi) is 11.0. The summed E-state index contributed by atoms with van der Waals surface area (Å²) < 4.78 is 24.0. The van der Waals surface area contributed by atoms with Gasteiger partial charge >= 0.3 is 0 Å². The average Bonchev–Trinajstić information content (AvgIpc) is 3.13. The molecule has 0 aromatic heterocycles. The predicted octanol–water partition coefficient (Wildman–Crippen LogP) is 1.68. The SMILES string of the molecule is C[C@H]1O[C@@H](O[C@@H]2CC[C@]3(C)C4=CC=C5[C@@H]6CC(C)(C)CC[C@]6(CO)[C@H](O)C[C@@]5(C)[C@]4(C)CC[C@H]3[C@@]2(C)CO)[C@H](O)[C@@H](O[C@@H]2O[C@H](CO)[C@@H](O)[C@H](O)[C@H]2O)[C@H]1O. The Morgan fingerprint density at radius 3 is 2.04 bits per heavy atom. The van der Waals surface area contributed by atoms with Crippen molar-refractivity contribution in [3.63, 3.8) is 0 Å². The molecular formula is C42H68O13. The molecule has 13 heteroatoms. The Morgan fingerprint density at radius 2 is 1.38 bits per heavy atom. The molecule has 314 valence electrons. The highest BCUT2D eigenvalue weighted by atomic mass is 16.7. The molecule has 13 nitrogen and oxygen atoms in total. The molecule has 19 atom stereocenters. The third-order valence-electron chi connectivity index (χ3n) is 16.9. The van der Waals surface area contributed by atoms with E-state index >= 15 is 0 Å². The van der Waals surface area contributed by atoms with Crippen LogP contribution in [0.15, 0.2) is 23.3 Å². The molecule has 4 saturated carbocycles. The first kappa shape index (κ1) is 42.1. The number of fused-ring (bicyclic) bond motifs is 7. The van der Waals surface area contributed by atoms with Gasteiger partial charge in [0.2, 0.25) is 0 Å². The number of ether oxygens (including phenoxy) is 4. The standard InChI is InChI=1S/C42H68O13/c1-21-29(47)34(55-35-32(50)31(49)30(48)24(18-43)53-35)33(51)36(52-21)54-28-11-12-38(4)25(39(28,5)19-44)10-13-40(6)26(38)9-8-22-23-16-37(2,3)14-15-42(23,20-45)27(46)17-41(22,40)7/h8-9,21,23-25,27-36,43-51H,10-20H2,1-7H3/t21-,23+,24-,25-,27-,28-,29+,30-,31+,32-,33-,34+,35+,36+,38+,39-,40-,41-,42-/m1/s1. The summed E-state index contributed by atoms with van der Waals surface area (Å²) in [5.74, 6) is 0.0727. The fraction of sp³-hybridized carbons (Fsp3) is 0.905. The van der Waals surface area contributed by atoms with Gasteiger partial charge in [-0.05, 0) is 86.4 Å². The van der Waals surface area contributed by atoms with Crippen molar-refractivity contribution < 1.29 is 64.9 Å². The van der Waals surface area contributed by atoms with E-state index in [-0.39, 0.29) is 46.7 Å². The second-order valence-corrected chi connectivity index (χ2v) is 20.2. The molecule has 0 amide bonds. The van der Waals surface area contributed by atoms with E-state index in [1.807, 2.05) is 6.92 Å². The summed E-state index contributed by atoms with van der Waals surface area (Å²) in [5, 5.41) is 97.6. The zero-order valence-corrected chi connectivity index (χ0v) is 33.7. The number of allylic oxidation sites excluding steroid dienone is 4. The summed E-state index contributed by atoms with van der Waals surface area (Å²) in [4.78, 5) is 0. The van der Waals surface area contributed by atoms with Crippen LogP contribution in [-0.4, -0.2) is 139 Å². The van der Waals surface area contributed by atoms with Crippen LogP contribution in [0.3, 0.4) is 0 Å². The fourth-order valence-electron chi connectivity index (χ4n) is 13.0. The van der Waals surface area contributed by atoms with Gasteiger partial charge in [-0.2, -0.15) is 0 Å². The highest BCUT2D eigenvalue weighted by Gasteiger charge is 2.69. The van der Waals surface area contributed by atoms with E-state index in [2.05, 4.69) is 46.8 Å². The Hall–Kier alpha value is -1.04. The van der Waals surface area contributed by atoms with Gasteiger partial charge in [-0.3, -0.25) is 0 Å². The largest absolute Gasteiger partial charge is 0.396 e. The Morgan fingerprint density at radius 1 is 0.691 bits per heavy atom. The molecule has 0 radical (unpaired) electrons. The minimum atomic E-state index is -1.73. The minimum absolute atomic E-state index is 0.00908. The molecule has 0 aromatic carbocycles. The summed E-state index contributed by atoms with van der Waals surface area (Å²) in [6, 6.07) is 0. The predicted molar refractivity (Wildman–Crippen MR) is 199 cm³/mol. The zero-order chi connectivity index (χ0) is 40.3. The third-order valence-corrected chi connectivity index (χ3v) is 16.9. The Bertz CT molecular complexity index is 1500. The number of hydrogen-bond donors (Lipinski definition) is 9. The second-order valence-electron chi connectivity index (χ2n) is 20.2. The van der Waals surface area contributed by atoms with E-state index in [0.717, 1.165) is 38.5 Å². The molecule has 55 heavy (non-hydrogen) atoms. The highest BCUT2D eigenvalue weighted by molar-refractivity contribution is 5.46. The summed E-state index contributed by atoms with van der Waals surface area (Å²) in [7, 11) is 0. The van der Waals surface area contributed by atoms with Gasteiger partial charge in [-0.15, -0.1) is 0 Å². The van der Waals surface area contributed by atoms with Crippen LogP contribution in [0.2, 0.25) is 0 Å². The van der Waals surface area contributed by atoms with Crippen molar-refractivity contribution in [1.82, 2.24) is 0 Å². The van der Waals surface area contributed by atoms with Crippen molar-refractivity contribution in [2.24, 2.45) is 44.3 Å². The zero-order valence-electron chi connectivity index (χ0n) is 33.7. The molecule has 5 aliphatic carbocycles. The molecule has 2 saturated heterocycles. The molecule has 9 N–H and O–H groups in total. The van der Waals surface area contributed by atoms with Gasteiger partial charge in [-0.1, -0.05) is 64.8 Å². The van der Waals surface area contributed by atoms with Gasteiger partial charge in [0.15, 0.2) is 12.6 Å².